The van der Waals surface area contributed by atoms with E-state index in [4.69, 9.17) is 5.73 Å². The van der Waals surface area contributed by atoms with Gasteiger partial charge in [0.1, 0.15) is 5.75 Å². The summed E-state index contributed by atoms with van der Waals surface area (Å²) in [6.45, 7) is 5.75. The molecule has 1 atom stereocenters. The van der Waals surface area contributed by atoms with Gasteiger partial charge in [0.2, 0.25) is 0 Å². The Morgan fingerprint density at radius 1 is 1.57 bits per heavy atom. The fourth-order valence-corrected chi connectivity index (χ4v) is 1.25. The minimum atomic E-state index is -0.0652. The molecule has 14 heavy (non-hydrogen) atoms. The molecule has 0 radical (unpaired) electrons. The van der Waals surface area contributed by atoms with E-state index < -0.39 is 0 Å². The second-order valence-electron chi connectivity index (χ2n) is 3.36. The van der Waals surface area contributed by atoms with Crippen LogP contribution in [0.15, 0.2) is 36.4 Å². The zero-order chi connectivity index (χ0) is 9.84. The highest BCUT2D eigenvalue weighted by molar-refractivity contribution is 5.85. The number of benzene rings is 1. The van der Waals surface area contributed by atoms with Gasteiger partial charge in [-0.05, 0) is 31.0 Å². The van der Waals surface area contributed by atoms with E-state index >= 15 is 0 Å². The van der Waals surface area contributed by atoms with Crippen molar-refractivity contribution in [3.05, 3.63) is 42.0 Å². The van der Waals surface area contributed by atoms with Crippen molar-refractivity contribution in [3.8, 4) is 5.75 Å². The summed E-state index contributed by atoms with van der Waals surface area (Å²) in [6.07, 6.45) is 0.753. The third-order valence-electron chi connectivity index (χ3n) is 1.87. The second kappa shape index (κ2) is 5.68. The molecule has 0 aromatic heterocycles. The number of hydrogen-bond donors (Lipinski definition) is 2. The summed E-state index contributed by atoms with van der Waals surface area (Å²) in [5.74, 6) is 0.259. The molecule has 0 fully saturated rings. The largest absolute Gasteiger partial charge is 0.508 e. The van der Waals surface area contributed by atoms with Crippen LogP contribution in [-0.4, -0.2) is 5.11 Å². The van der Waals surface area contributed by atoms with Gasteiger partial charge in [0.15, 0.2) is 0 Å². The van der Waals surface area contributed by atoms with Crippen LogP contribution in [0.3, 0.4) is 0 Å². The van der Waals surface area contributed by atoms with Crippen molar-refractivity contribution in [1.82, 2.24) is 0 Å². The molecule has 0 spiro atoms. The van der Waals surface area contributed by atoms with Crippen LogP contribution in [0.2, 0.25) is 0 Å². The predicted molar refractivity (Wildman–Crippen MR) is 61.7 cm³/mol. The maximum absolute atomic E-state index is 9.22. The molecular formula is C11H16ClNO. The Labute approximate surface area is 90.9 Å². The molecular weight excluding hydrogens is 198 g/mol. The van der Waals surface area contributed by atoms with E-state index in [0.29, 0.717) is 0 Å². The molecule has 0 aliphatic heterocycles. The normalized spacial score (nSPS) is 11.6. The van der Waals surface area contributed by atoms with Gasteiger partial charge in [-0.25, -0.2) is 0 Å². The maximum atomic E-state index is 9.22. The van der Waals surface area contributed by atoms with Crippen LogP contribution >= 0.6 is 12.4 Å². The molecule has 78 valence electrons. The highest BCUT2D eigenvalue weighted by atomic mass is 35.5. The lowest BCUT2D eigenvalue weighted by atomic mass is 10.0. The molecule has 2 nitrogen and oxygen atoms in total. The summed E-state index contributed by atoms with van der Waals surface area (Å²) in [4.78, 5) is 0. The summed E-state index contributed by atoms with van der Waals surface area (Å²) >= 11 is 0. The molecule has 0 amide bonds. The van der Waals surface area contributed by atoms with Crippen molar-refractivity contribution in [3.63, 3.8) is 0 Å². The number of phenolic OH excluding ortho intramolecular Hbond substituents is 1. The Bertz CT molecular complexity index is 312. The van der Waals surface area contributed by atoms with Crippen LogP contribution in [0, 0.1) is 0 Å². The molecule has 3 N–H and O–H groups in total. The highest BCUT2D eigenvalue weighted by Crippen LogP contribution is 2.20. The summed E-state index contributed by atoms with van der Waals surface area (Å²) in [5, 5.41) is 9.22. The highest BCUT2D eigenvalue weighted by Gasteiger charge is 2.05. The molecule has 0 bridgehead atoms. The first kappa shape index (κ1) is 13.0. The zero-order valence-electron chi connectivity index (χ0n) is 8.23. The van der Waals surface area contributed by atoms with Crippen molar-refractivity contribution in [2.24, 2.45) is 5.73 Å². The molecule has 0 aliphatic carbocycles. The smallest absolute Gasteiger partial charge is 0.115 e. The third kappa shape index (κ3) is 3.81. The Morgan fingerprint density at radius 2 is 2.21 bits per heavy atom. The molecule has 1 aromatic rings. The summed E-state index contributed by atoms with van der Waals surface area (Å²) in [5.41, 5.74) is 7.89. The van der Waals surface area contributed by atoms with Crippen LogP contribution in [0.1, 0.15) is 24.9 Å². The van der Waals surface area contributed by atoms with Crippen LogP contribution in [0.25, 0.3) is 0 Å². The molecule has 0 aliphatic rings. The Kier molecular flexibility index (Phi) is 5.28. The molecule has 0 saturated heterocycles. The van der Waals surface area contributed by atoms with Gasteiger partial charge in [0.25, 0.3) is 0 Å². The van der Waals surface area contributed by atoms with Crippen LogP contribution in [0.4, 0.5) is 0 Å². The topological polar surface area (TPSA) is 46.2 Å². The molecule has 0 heterocycles. The van der Waals surface area contributed by atoms with Gasteiger partial charge in [-0.3, -0.25) is 0 Å². The number of hydrogen-bond acceptors (Lipinski definition) is 2. The molecule has 1 aromatic carbocycles. The van der Waals surface area contributed by atoms with Gasteiger partial charge in [0, 0.05) is 6.04 Å². The number of nitrogens with two attached hydrogens (primary N) is 1. The minimum Gasteiger partial charge on any atom is -0.508 e. The minimum absolute atomic E-state index is 0. The summed E-state index contributed by atoms with van der Waals surface area (Å²) in [6, 6.07) is 6.96. The lowest BCUT2D eigenvalue weighted by molar-refractivity contribution is 0.473. The standard InChI is InChI=1S/C11H15NO.ClH/c1-8(2)6-11(12)9-4-3-5-10(13)7-9;/h3-5,7,11,13H,1,6,12H2,2H3;1H/t11-;/m0./s1. The van der Waals surface area contributed by atoms with Crippen molar-refractivity contribution in [2.45, 2.75) is 19.4 Å². The van der Waals surface area contributed by atoms with Crippen molar-refractivity contribution in [1.29, 1.82) is 0 Å². The van der Waals surface area contributed by atoms with Crippen LogP contribution < -0.4 is 5.73 Å². The molecule has 0 saturated carbocycles. The van der Waals surface area contributed by atoms with Gasteiger partial charge in [-0.2, -0.15) is 0 Å². The molecule has 1 rings (SSSR count). The Hall–Kier alpha value is -0.990. The number of aromatic hydroxyl groups is 1. The van der Waals surface area contributed by atoms with E-state index in [9.17, 15) is 5.11 Å². The third-order valence-corrected chi connectivity index (χ3v) is 1.87. The first-order valence-corrected chi connectivity index (χ1v) is 4.28. The number of halogens is 1. The maximum Gasteiger partial charge on any atom is 0.115 e. The molecule has 0 unspecified atom stereocenters. The summed E-state index contributed by atoms with van der Waals surface area (Å²) in [7, 11) is 0. The van der Waals surface area contributed by atoms with Gasteiger partial charge in [-0.15, -0.1) is 19.0 Å². The quantitative estimate of drug-likeness (QED) is 0.759. The van der Waals surface area contributed by atoms with E-state index in [-0.39, 0.29) is 24.2 Å². The van der Waals surface area contributed by atoms with Crippen molar-refractivity contribution in [2.75, 3.05) is 0 Å². The summed E-state index contributed by atoms with van der Waals surface area (Å²) < 4.78 is 0. The SMILES string of the molecule is C=C(C)C[C@H](N)c1cccc(O)c1.Cl. The van der Waals surface area contributed by atoms with Gasteiger partial charge < -0.3 is 10.8 Å². The predicted octanol–water partition coefficient (Wildman–Crippen LogP) is 2.78. The van der Waals surface area contributed by atoms with Gasteiger partial charge in [0.05, 0.1) is 0 Å². The first-order valence-electron chi connectivity index (χ1n) is 4.28. The van der Waals surface area contributed by atoms with Crippen LogP contribution in [0.5, 0.6) is 5.75 Å². The van der Waals surface area contributed by atoms with Gasteiger partial charge >= 0.3 is 0 Å². The van der Waals surface area contributed by atoms with E-state index in [0.717, 1.165) is 17.6 Å². The Balaban J connectivity index is 0.00000169. The van der Waals surface area contributed by atoms with Gasteiger partial charge in [-0.1, -0.05) is 17.7 Å². The van der Waals surface area contributed by atoms with E-state index in [1.165, 1.54) is 0 Å². The van der Waals surface area contributed by atoms with Crippen molar-refractivity contribution >= 4 is 12.4 Å². The van der Waals surface area contributed by atoms with Crippen LogP contribution in [-0.2, 0) is 0 Å². The lowest BCUT2D eigenvalue weighted by Gasteiger charge is -2.11. The first-order chi connectivity index (χ1) is 6.09. The van der Waals surface area contributed by atoms with E-state index in [1.54, 1.807) is 18.2 Å². The number of phenols is 1. The zero-order valence-corrected chi connectivity index (χ0v) is 9.05. The lowest BCUT2D eigenvalue weighted by Crippen LogP contribution is -2.09. The molecule has 3 heteroatoms. The van der Waals surface area contributed by atoms with Crippen molar-refractivity contribution < 1.29 is 5.11 Å². The van der Waals surface area contributed by atoms with E-state index in [2.05, 4.69) is 6.58 Å². The number of rotatable bonds is 3. The Morgan fingerprint density at radius 3 is 2.71 bits per heavy atom. The monoisotopic (exact) mass is 213 g/mol. The second-order valence-corrected chi connectivity index (χ2v) is 3.36. The van der Waals surface area contributed by atoms with E-state index in [1.807, 2.05) is 13.0 Å². The fourth-order valence-electron chi connectivity index (χ4n) is 1.25. The average Bonchev–Trinajstić information content (AvgIpc) is 2.03. The fraction of sp³-hybridized carbons (Fsp3) is 0.273. The average molecular weight is 214 g/mol.